The van der Waals surface area contributed by atoms with E-state index in [4.69, 9.17) is 4.52 Å². The predicted octanol–water partition coefficient (Wildman–Crippen LogP) is 2.88. The molecule has 0 aliphatic carbocycles. The second-order valence-corrected chi connectivity index (χ2v) is 5.96. The van der Waals surface area contributed by atoms with Crippen molar-refractivity contribution in [3.63, 3.8) is 0 Å². The number of amides is 1. The van der Waals surface area contributed by atoms with Crippen LogP contribution in [-0.2, 0) is 0 Å². The Labute approximate surface area is 143 Å². The minimum absolute atomic E-state index is 0.176. The molecule has 0 saturated carbocycles. The van der Waals surface area contributed by atoms with Gasteiger partial charge in [-0.2, -0.15) is 10.1 Å². The Morgan fingerprint density at radius 1 is 1.32 bits per heavy atom. The normalized spacial score (nSPS) is 12.4. The van der Waals surface area contributed by atoms with Gasteiger partial charge in [0, 0.05) is 18.2 Å². The number of aryl methyl sites for hydroxylation is 1. The molecule has 1 amide bonds. The molecule has 0 fully saturated rings. The molecule has 25 heavy (non-hydrogen) atoms. The van der Waals surface area contributed by atoms with Crippen molar-refractivity contribution >= 4 is 5.91 Å². The number of carbonyl (C=O) groups excluding carboxylic acids is 1. The van der Waals surface area contributed by atoms with Gasteiger partial charge in [0.05, 0.1) is 0 Å². The molecule has 0 saturated heterocycles. The number of nitrogens with zero attached hydrogens (tertiary/aromatic N) is 3. The molecule has 3 rings (SSSR count). The summed E-state index contributed by atoms with van der Waals surface area (Å²) in [4.78, 5) is 16.7. The van der Waals surface area contributed by atoms with E-state index in [9.17, 15) is 9.18 Å². The van der Waals surface area contributed by atoms with Crippen LogP contribution in [0.5, 0.6) is 0 Å². The van der Waals surface area contributed by atoms with Gasteiger partial charge in [-0.3, -0.25) is 9.89 Å². The van der Waals surface area contributed by atoms with Crippen molar-refractivity contribution in [2.75, 3.05) is 0 Å². The Kier molecular flexibility index (Phi) is 4.60. The highest BCUT2D eigenvalue weighted by atomic mass is 19.1. The van der Waals surface area contributed by atoms with Gasteiger partial charge in [-0.15, -0.1) is 0 Å². The molecule has 130 valence electrons. The molecule has 7 nitrogen and oxygen atoms in total. The lowest BCUT2D eigenvalue weighted by Gasteiger charge is -2.15. The summed E-state index contributed by atoms with van der Waals surface area (Å²) >= 11 is 0. The first-order valence-corrected chi connectivity index (χ1v) is 7.86. The van der Waals surface area contributed by atoms with Crippen molar-refractivity contribution in [3.05, 3.63) is 64.8 Å². The van der Waals surface area contributed by atoms with Crippen LogP contribution in [0.3, 0.4) is 0 Å². The minimum atomic E-state index is -0.884. The van der Waals surface area contributed by atoms with Gasteiger partial charge in [0.2, 0.25) is 5.89 Å². The molecule has 2 heterocycles. The molecule has 0 radical (unpaired) electrons. The SMILES string of the molecule is Cc1nc(C(NC(=O)c2cc(C(C)C)[nH]n2)c2ccccc2F)no1. The first-order chi connectivity index (χ1) is 12.0. The topological polar surface area (TPSA) is 96.7 Å². The second kappa shape index (κ2) is 6.84. The highest BCUT2D eigenvalue weighted by molar-refractivity contribution is 5.92. The van der Waals surface area contributed by atoms with Crippen LogP contribution in [0.2, 0.25) is 0 Å². The summed E-state index contributed by atoms with van der Waals surface area (Å²) in [5.41, 5.74) is 1.30. The van der Waals surface area contributed by atoms with E-state index >= 15 is 0 Å². The van der Waals surface area contributed by atoms with Crippen LogP contribution in [0, 0.1) is 12.7 Å². The van der Waals surface area contributed by atoms with Crippen LogP contribution in [0.4, 0.5) is 4.39 Å². The van der Waals surface area contributed by atoms with E-state index < -0.39 is 17.8 Å². The standard InChI is InChI=1S/C17H18FN5O2/c1-9(2)13-8-14(22-21-13)17(24)20-15(16-19-10(3)25-23-16)11-6-4-5-7-12(11)18/h4-9,15H,1-3H3,(H,20,24)(H,21,22). The molecule has 3 aromatic rings. The molecule has 0 aliphatic heterocycles. The number of halogens is 1. The molecule has 1 atom stereocenters. The third-order valence-electron chi connectivity index (χ3n) is 3.75. The molecule has 0 spiro atoms. The Hall–Kier alpha value is -3.03. The number of H-pyrrole nitrogens is 1. The molecule has 1 aromatic carbocycles. The van der Waals surface area contributed by atoms with Gasteiger partial charge in [0.15, 0.2) is 5.82 Å². The zero-order chi connectivity index (χ0) is 18.0. The average molecular weight is 343 g/mol. The fraction of sp³-hybridized carbons (Fsp3) is 0.294. The van der Waals surface area contributed by atoms with Gasteiger partial charge in [0.25, 0.3) is 5.91 Å². The number of aromatic amines is 1. The third kappa shape index (κ3) is 3.57. The summed E-state index contributed by atoms with van der Waals surface area (Å²) in [6, 6.07) is 6.91. The lowest BCUT2D eigenvalue weighted by Crippen LogP contribution is -2.31. The van der Waals surface area contributed by atoms with Crippen molar-refractivity contribution in [1.82, 2.24) is 25.7 Å². The zero-order valence-electron chi connectivity index (χ0n) is 14.1. The third-order valence-corrected chi connectivity index (χ3v) is 3.75. The van der Waals surface area contributed by atoms with E-state index in [2.05, 4.69) is 25.7 Å². The summed E-state index contributed by atoms with van der Waals surface area (Å²) in [6.45, 7) is 5.60. The van der Waals surface area contributed by atoms with E-state index in [0.29, 0.717) is 5.89 Å². The summed E-state index contributed by atoms with van der Waals surface area (Å²) < 4.78 is 19.2. The first kappa shape index (κ1) is 16.8. The Bertz CT molecular complexity index is 887. The smallest absolute Gasteiger partial charge is 0.272 e. The van der Waals surface area contributed by atoms with Gasteiger partial charge >= 0.3 is 0 Å². The number of rotatable bonds is 5. The Balaban J connectivity index is 1.92. The fourth-order valence-electron chi connectivity index (χ4n) is 2.38. The zero-order valence-corrected chi connectivity index (χ0v) is 14.1. The molecular weight excluding hydrogens is 325 g/mol. The Morgan fingerprint density at radius 3 is 2.68 bits per heavy atom. The van der Waals surface area contributed by atoms with E-state index in [1.165, 1.54) is 6.07 Å². The lowest BCUT2D eigenvalue weighted by atomic mass is 10.1. The van der Waals surface area contributed by atoms with Crippen molar-refractivity contribution < 1.29 is 13.7 Å². The maximum atomic E-state index is 14.2. The molecule has 1 unspecified atom stereocenters. The Morgan fingerprint density at radius 2 is 2.08 bits per heavy atom. The maximum Gasteiger partial charge on any atom is 0.272 e. The van der Waals surface area contributed by atoms with Gasteiger partial charge in [-0.05, 0) is 18.1 Å². The first-order valence-electron chi connectivity index (χ1n) is 7.86. The summed E-state index contributed by atoms with van der Waals surface area (Å²) in [6.07, 6.45) is 0. The number of hydrogen-bond donors (Lipinski definition) is 2. The van der Waals surface area contributed by atoms with Gasteiger partial charge in [-0.1, -0.05) is 37.2 Å². The van der Waals surface area contributed by atoms with Crippen LogP contribution in [0.15, 0.2) is 34.9 Å². The van der Waals surface area contributed by atoms with Crippen LogP contribution in [0.25, 0.3) is 0 Å². The van der Waals surface area contributed by atoms with E-state index in [-0.39, 0.29) is 23.0 Å². The number of carbonyl (C=O) groups is 1. The van der Waals surface area contributed by atoms with Gasteiger partial charge in [0.1, 0.15) is 17.6 Å². The molecule has 8 heteroatoms. The quantitative estimate of drug-likeness (QED) is 0.742. The maximum absolute atomic E-state index is 14.2. The van der Waals surface area contributed by atoms with Crippen molar-refractivity contribution in [2.45, 2.75) is 32.7 Å². The number of aromatic nitrogens is 4. The largest absolute Gasteiger partial charge is 0.340 e. The average Bonchev–Trinajstić information content (AvgIpc) is 3.22. The number of nitrogens with one attached hydrogen (secondary N) is 2. The summed E-state index contributed by atoms with van der Waals surface area (Å²) in [5.74, 6) is -0.224. The van der Waals surface area contributed by atoms with Crippen molar-refractivity contribution in [3.8, 4) is 0 Å². The minimum Gasteiger partial charge on any atom is -0.340 e. The van der Waals surface area contributed by atoms with Crippen LogP contribution < -0.4 is 5.32 Å². The van der Waals surface area contributed by atoms with Gasteiger partial charge < -0.3 is 9.84 Å². The van der Waals surface area contributed by atoms with Crippen LogP contribution in [0.1, 0.15) is 59.3 Å². The highest BCUT2D eigenvalue weighted by Gasteiger charge is 2.26. The van der Waals surface area contributed by atoms with E-state index in [1.807, 2.05) is 13.8 Å². The number of benzene rings is 1. The van der Waals surface area contributed by atoms with Crippen molar-refractivity contribution in [1.29, 1.82) is 0 Å². The predicted molar refractivity (Wildman–Crippen MR) is 87.4 cm³/mol. The van der Waals surface area contributed by atoms with E-state index in [0.717, 1.165) is 5.69 Å². The van der Waals surface area contributed by atoms with Gasteiger partial charge in [-0.25, -0.2) is 4.39 Å². The summed E-state index contributed by atoms with van der Waals surface area (Å²) in [5, 5.41) is 13.4. The molecule has 2 aromatic heterocycles. The molecule has 0 aliphatic rings. The lowest BCUT2D eigenvalue weighted by molar-refractivity contribution is 0.0935. The van der Waals surface area contributed by atoms with Crippen LogP contribution in [-0.4, -0.2) is 26.2 Å². The molecule has 2 N–H and O–H groups in total. The monoisotopic (exact) mass is 343 g/mol. The highest BCUT2D eigenvalue weighted by Crippen LogP contribution is 2.23. The molecular formula is C17H18FN5O2. The molecule has 0 bridgehead atoms. The van der Waals surface area contributed by atoms with E-state index in [1.54, 1.807) is 31.2 Å². The summed E-state index contributed by atoms with van der Waals surface area (Å²) in [7, 11) is 0. The number of hydrogen-bond acceptors (Lipinski definition) is 5. The van der Waals surface area contributed by atoms with Crippen LogP contribution >= 0.6 is 0 Å². The second-order valence-electron chi connectivity index (χ2n) is 5.96. The fourth-order valence-corrected chi connectivity index (χ4v) is 2.38. The van der Waals surface area contributed by atoms with Crippen molar-refractivity contribution in [2.24, 2.45) is 0 Å².